The Kier molecular flexibility index (Phi) is 3.14. The zero-order chi connectivity index (χ0) is 9.84. The molecule has 0 saturated carbocycles. The van der Waals surface area contributed by atoms with Crippen LogP contribution < -0.4 is 4.74 Å². The second-order valence-corrected chi connectivity index (χ2v) is 3.00. The molecule has 13 heavy (non-hydrogen) atoms. The van der Waals surface area contributed by atoms with Crippen LogP contribution in [0.5, 0.6) is 5.75 Å². The third-order valence-corrected chi connectivity index (χ3v) is 2.03. The van der Waals surface area contributed by atoms with Gasteiger partial charge in [-0.05, 0) is 24.6 Å². The van der Waals surface area contributed by atoms with E-state index in [0.717, 1.165) is 11.1 Å². The first-order valence-electron chi connectivity index (χ1n) is 3.70. The summed E-state index contributed by atoms with van der Waals surface area (Å²) in [7, 11) is 1.56. The van der Waals surface area contributed by atoms with E-state index >= 15 is 0 Å². The highest BCUT2D eigenvalue weighted by atomic mass is 35.5. The third-order valence-electron chi connectivity index (χ3n) is 1.74. The van der Waals surface area contributed by atoms with Crippen LogP contribution in [0.1, 0.15) is 11.1 Å². The van der Waals surface area contributed by atoms with Crippen molar-refractivity contribution in [3.05, 3.63) is 28.3 Å². The van der Waals surface area contributed by atoms with Gasteiger partial charge in [-0.1, -0.05) is 16.8 Å². The lowest BCUT2D eigenvalue weighted by Gasteiger charge is -2.06. The molecule has 1 aromatic rings. The summed E-state index contributed by atoms with van der Waals surface area (Å²) in [5.74, 6) is 0.620. The largest absolute Gasteiger partial charge is 0.495 e. The number of rotatable bonds is 2. The molecule has 0 fully saturated rings. The van der Waals surface area contributed by atoms with Gasteiger partial charge < -0.3 is 9.94 Å². The van der Waals surface area contributed by atoms with Crippen LogP contribution in [0.25, 0.3) is 0 Å². The van der Waals surface area contributed by atoms with E-state index in [1.807, 2.05) is 6.92 Å². The highest BCUT2D eigenvalue weighted by Crippen LogP contribution is 2.26. The molecule has 0 heterocycles. The van der Waals surface area contributed by atoms with Crippen molar-refractivity contribution < 1.29 is 9.94 Å². The Morgan fingerprint density at radius 1 is 1.54 bits per heavy atom. The lowest BCUT2D eigenvalue weighted by Crippen LogP contribution is -1.91. The zero-order valence-corrected chi connectivity index (χ0v) is 8.17. The molecule has 3 nitrogen and oxygen atoms in total. The minimum atomic E-state index is 0.503. The van der Waals surface area contributed by atoms with E-state index in [1.165, 1.54) is 6.21 Å². The number of aryl methyl sites for hydroxylation is 1. The average Bonchev–Trinajstić information content (AvgIpc) is 2.11. The summed E-state index contributed by atoms with van der Waals surface area (Å²) in [5, 5.41) is 11.8. The Labute approximate surface area is 81.6 Å². The van der Waals surface area contributed by atoms with Crippen LogP contribution in [-0.4, -0.2) is 18.5 Å². The number of benzene rings is 1. The van der Waals surface area contributed by atoms with Gasteiger partial charge in [0.2, 0.25) is 0 Å². The van der Waals surface area contributed by atoms with Crippen molar-refractivity contribution in [1.29, 1.82) is 0 Å². The molecule has 1 N–H and O–H groups in total. The quantitative estimate of drug-likeness (QED) is 0.452. The number of hydrogen-bond acceptors (Lipinski definition) is 3. The van der Waals surface area contributed by atoms with Gasteiger partial charge in [0.15, 0.2) is 0 Å². The van der Waals surface area contributed by atoms with Gasteiger partial charge in [0.05, 0.1) is 18.3 Å². The molecule has 0 unspecified atom stereocenters. The van der Waals surface area contributed by atoms with E-state index in [4.69, 9.17) is 21.5 Å². The topological polar surface area (TPSA) is 41.8 Å². The fourth-order valence-electron chi connectivity index (χ4n) is 1.03. The number of halogens is 1. The molecule has 70 valence electrons. The van der Waals surface area contributed by atoms with Gasteiger partial charge in [0.1, 0.15) is 5.75 Å². The molecule has 0 aliphatic rings. The van der Waals surface area contributed by atoms with Crippen LogP contribution in [0.4, 0.5) is 0 Å². The highest BCUT2D eigenvalue weighted by Gasteiger charge is 2.04. The zero-order valence-electron chi connectivity index (χ0n) is 7.41. The van der Waals surface area contributed by atoms with Crippen molar-refractivity contribution in [3.63, 3.8) is 0 Å². The molecule has 1 rings (SSSR count). The first-order chi connectivity index (χ1) is 6.19. The number of ether oxygens (including phenoxy) is 1. The van der Waals surface area contributed by atoms with Crippen molar-refractivity contribution in [2.24, 2.45) is 5.16 Å². The highest BCUT2D eigenvalue weighted by molar-refractivity contribution is 6.32. The third kappa shape index (κ3) is 2.12. The van der Waals surface area contributed by atoms with E-state index in [1.54, 1.807) is 19.2 Å². The number of methoxy groups -OCH3 is 1. The maximum absolute atomic E-state index is 8.36. The van der Waals surface area contributed by atoms with Crippen molar-refractivity contribution in [1.82, 2.24) is 0 Å². The molecule has 0 atom stereocenters. The Balaban J connectivity index is 3.20. The van der Waals surface area contributed by atoms with E-state index in [2.05, 4.69) is 5.16 Å². The molecule has 4 heteroatoms. The number of hydrogen-bond donors (Lipinski definition) is 1. The van der Waals surface area contributed by atoms with Gasteiger partial charge in [-0.3, -0.25) is 0 Å². The van der Waals surface area contributed by atoms with Crippen LogP contribution in [0.3, 0.4) is 0 Å². The molecule has 0 aliphatic heterocycles. The van der Waals surface area contributed by atoms with E-state index in [9.17, 15) is 0 Å². The summed E-state index contributed by atoms with van der Waals surface area (Å²) in [6.45, 7) is 1.88. The van der Waals surface area contributed by atoms with Crippen molar-refractivity contribution >= 4 is 17.8 Å². The fourth-order valence-corrected chi connectivity index (χ4v) is 1.28. The van der Waals surface area contributed by atoms with Crippen LogP contribution in [0, 0.1) is 6.92 Å². The second-order valence-electron chi connectivity index (χ2n) is 2.59. The molecular formula is C9H10ClNO2. The number of oxime groups is 1. The van der Waals surface area contributed by atoms with Gasteiger partial charge in [-0.25, -0.2) is 0 Å². The second kappa shape index (κ2) is 4.14. The molecule has 0 aromatic heterocycles. The van der Waals surface area contributed by atoms with Crippen molar-refractivity contribution in [2.45, 2.75) is 6.92 Å². The SMILES string of the molecule is COc1cc(C)c(C=NO)cc1Cl. The minimum Gasteiger partial charge on any atom is -0.495 e. The summed E-state index contributed by atoms with van der Waals surface area (Å²) >= 11 is 5.87. The normalized spacial score (nSPS) is 10.7. The monoisotopic (exact) mass is 199 g/mol. The van der Waals surface area contributed by atoms with Crippen molar-refractivity contribution in [2.75, 3.05) is 7.11 Å². The Morgan fingerprint density at radius 3 is 2.77 bits per heavy atom. The van der Waals surface area contributed by atoms with Crippen LogP contribution >= 0.6 is 11.6 Å². The van der Waals surface area contributed by atoms with Crippen molar-refractivity contribution in [3.8, 4) is 5.75 Å². The number of nitrogens with zero attached hydrogens (tertiary/aromatic N) is 1. The van der Waals surface area contributed by atoms with Crippen LogP contribution in [0.2, 0.25) is 5.02 Å². The first kappa shape index (κ1) is 9.86. The smallest absolute Gasteiger partial charge is 0.137 e. The van der Waals surface area contributed by atoms with E-state index in [-0.39, 0.29) is 0 Å². The summed E-state index contributed by atoms with van der Waals surface area (Å²) < 4.78 is 5.02. The molecular weight excluding hydrogens is 190 g/mol. The Hall–Kier alpha value is -1.22. The molecule has 0 spiro atoms. The van der Waals surface area contributed by atoms with Gasteiger partial charge in [0.25, 0.3) is 0 Å². The minimum absolute atomic E-state index is 0.503. The summed E-state index contributed by atoms with van der Waals surface area (Å²) in [6, 6.07) is 3.48. The molecule has 0 aliphatic carbocycles. The molecule has 0 bridgehead atoms. The van der Waals surface area contributed by atoms with E-state index in [0.29, 0.717) is 10.8 Å². The summed E-state index contributed by atoms with van der Waals surface area (Å²) in [4.78, 5) is 0. The maximum atomic E-state index is 8.36. The molecule has 0 radical (unpaired) electrons. The average molecular weight is 200 g/mol. The van der Waals surface area contributed by atoms with Gasteiger partial charge in [0, 0.05) is 5.56 Å². The summed E-state index contributed by atoms with van der Waals surface area (Å²) in [5.41, 5.74) is 1.72. The summed E-state index contributed by atoms with van der Waals surface area (Å²) in [6.07, 6.45) is 1.33. The van der Waals surface area contributed by atoms with Gasteiger partial charge in [-0.15, -0.1) is 0 Å². The van der Waals surface area contributed by atoms with Crippen LogP contribution in [-0.2, 0) is 0 Å². The molecule has 0 saturated heterocycles. The van der Waals surface area contributed by atoms with Gasteiger partial charge >= 0.3 is 0 Å². The van der Waals surface area contributed by atoms with E-state index < -0.39 is 0 Å². The van der Waals surface area contributed by atoms with Crippen LogP contribution in [0.15, 0.2) is 17.3 Å². The first-order valence-corrected chi connectivity index (χ1v) is 4.08. The molecule has 1 aromatic carbocycles. The lowest BCUT2D eigenvalue weighted by atomic mass is 10.1. The standard InChI is InChI=1S/C9H10ClNO2/c1-6-3-9(13-2)8(10)4-7(6)5-11-12/h3-5,12H,1-2H3. The maximum Gasteiger partial charge on any atom is 0.137 e. The molecule has 0 amide bonds. The Morgan fingerprint density at radius 2 is 2.23 bits per heavy atom. The lowest BCUT2D eigenvalue weighted by molar-refractivity contribution is 0.322. The predicted octanol–water partition coefficient (Wildman–Crippen LogP) is 2.47. The predicted molar refractivity (Wildman–Crippen MR) is 52.1 cm³/mol. The Bertz CT molecular complexity index is 337. The van der Waals surface area contributed by atoms with Gasteiger partial charge in [-0.2, -0.15) is 0 Å². The fraction of sp³-hybridized carbons (Fsp3) is 0.222.